The molecule has 2 aromatic rings. The smallest absolute Gasteiger partial charge is 0.242 e. The second kappa shape index (κ2) is 6.68. The van der Waals surface area contributed by atoms with Crippen LogP contribution >= 0.6 is 27.3 Å². The van der Waals surface area contributed by atoms with E-state index < -0.39 is 6.10 Å². The van der Waals surface area contributed by atoms with Gasteiger partial charge in [-0.25, -0.2) is 10.4 Å². The number of hydrazine groups is 1. The van der Waals surface area contributed by atoms with Crippen molar-refractivity contribution in [2.24, 2.45) is 0 Å². The number of hydrogen-bond acceptors (Lipinski definition) is 6. The highest BCUT2D eigenvalue weighted by Crippen LogP contribution is 2.34. The van der Waals surface area contributed by atoms with E-state index in [0.717, 1.165) is 23.1 Å². The fourth-order valence-electron chi connectivity index (χ4n) is 3.45. The molecule has 0 radical (unpaired) electrons. The minimum atomic E-state index is -0.739. The van der Waals surface area contributed by atoms with E-state index in [4.69, 9.17) is 0 Å². The van der Waals surface area contributed by atoms with Crippen molar-refractivity contribution in [3.63, 3.8) is 0 Å². The normalized spacial score (nSPS) is 28.6. The van der Waals surface area contributed by atoms with Gasteiger partial charge < -0.3 is 10.0 Å². The van der Waals surface area contributed by atoms with Crippen molar-refractivity contribution in [3.8, 4) is 0 Å². The Morgan fingerprint density at radius 2 is 2.29 bits per heavy atom. The van der Waals surface area contributed by atoms with Gasteiger partial charge in [0.2, 0.25) is 5.91 Å². The fraction of sp³-hybridized carbons (Fsp3) is 0.500. The number of carbonyl (C=O) groups excluding carboxylic acids is 1. The number of aromatic nitrogens is 1. The van der Waals surface area contributed by atoms with Gasteiger partial charge in [-0.15, -0.1) is 11.3 Å². The van der Waals surface area contributed by atoms with Gasteiger partial charge in [-0.05, 0) is 25.0 Å². The second-order valence-corrected chi connectivity index (χ2v) is 8.46. The largest absolute Gasteiger partial charge is 0.384 e. The van der Waals surface area contributed by atoms with Gasteiger partial charge >= 0.3 is 0 Å². The highest BCUT2D eigenvalue weighted by Gasteiger charge is 2.41. The topological polar surface area (TPSA) is 77.5 Å². The molecule has 4 rings (SSSR count). The molecule has 8 heteroatoms. The molecule has 2 unspecified atom stereocenters. The Balaban J connectivity index is 1.56. The summed E-state index contributed by atoms with van der Waals surface area (Å²) in [5.41, 5.74) is 6.92. The lowest BCUT2D eigenvalue weighted by Gasteiger charge is -2.30. The van der Waals surface area contributed by atoms with Gasteiger partial charge in [-0.2, -0.15) is 0 Å². The summed E-state index contributed by atoms with van der Waals surface area (Å²) < 4.78 is 1.06. The van der Waals surface area contributed by atoms with Gasteiger partial charge in [0.05, 0.1) is 21.1 Å². The number of nitrogens with one attached hydrogen (secondary N) is 2. The Labute approximate surface area is 152 Å². The SMILES string of the molecule is O=C(C1NNCC1Br)N1CCC[C@H]1[C@H](O)c1nc2ccccc2s1. The zero-order valence-electron chi connectivity index (χ0n) is 13.0. The van der Waals surface area contributed by atoms with Crippen LogP contribution in [0, 0.1) is 0 Å². The number of fused-ring (bicyclic) bond motifs is 1. The van der Waals surface area contributed by atoms with Crippen molar-refractivity contribution in [1.82, 2.24) is 20.7 Å². The fourth-order valence-corrected chi connectivity index (χ4v) is 4.98. The molecule has 1 aromatic carbocycles. The molecule has 4 atom stereocenters. The number of carbonyl (C=O) groups is 1. The lowest BCUT2D eigenvalue weighted by Crippen LogP contribution is -2.51. The Morgan fingerprint density at radius 3 is 3.04 bits per heavy atom. The maximum absolute atomic E-state index is 12.8. The van der Waals surface area contributed by atoms with Crippen LogP contribution in [0.1, 0.15) is 24.0 Å². The number of benzene rings is 1. The average Bonchev–Trinajstić information content (AvgIpc) is 3.32. The van der Waals surface area contributed by atoms with Crippen LogP contribution in [0.3, 0.4) is 0 Å². The Hall–Kier alpha value is -1.06. The van der Waals surface area contributed by atoms with Gasteiger partial charge in [0, 0.05) is 13.1 Å². The molecule has 0 aliphatic carbocycles. The molecule has 0 spiro atoms. The molecule has 24 heavy (non-hydrogen) atoms. The number of aliphatic hydroxyl groups is 1. The van der Waals surface area contributed by atoms with Crippen molar-refractivity contribution < 1.29 is 9.90 Å². The third-order valence-corrected chi connectivity index (χ3v) is 6.65. The van der Waals surface area contributed by atoms with Crippen molar-refractivity contribution in [2.45, 2.75) is 35.9 Å². The molecule has 1 amide bonds. The first-order chi connectivity index (χ1) is 11.6. The standard InChI is InChI=1S/C16H19BrN4O2S/c17-9-8-18-20-13(9)16(23)21-7-3-5-11(21)14(22)15-19-10-4-1-2-6-12(10)24-15/h1-2,4,6,9,11,13-14,18,20,22H,3,5,7-8H2/t9?,11-,13?,14-/m0/s1. The molecule has 3 N–H and O–H groups in total. The molecule has 2 fully saturated rings. The number of likely N-dealkylation sites (tertiary alicyclic amines) is 1. The van der Waals surface area contributed by atoms with Crippen molar-refractivity contribution in [2.75, 3.05) is 13.1 Å². The molecule has 0 bridgehead atoms. The third kappa shape index (κ3) is 2.86. The molecule has 0 saturated carbocycles. The van der Waals surface area contributed by atoms with Crippen LogP contribution in [0.15, 0.2) is 24.3 Å². The molecule has 2 saturated heterocycles. The van der Waals surface area contributed by atoms with Crippen LogP contribution in [-0.2, 0) is 4.79 Å². The molecular weight excluding hydrogens is 392 g/mol. The summed E-state index contributed by atoms with van der Waals surface area (Å²) in [7, 11) is 0. The van der Waals surface area contributed by atoms with Crippen LogP contribution in [0.5, 0.6) is 0 Å². The summed E-state index contributed by atoms with van der Waals surface area (Å²) in [5.74, 6) is 0.0320. The number of nitrogens with zero attached hydrogens (tertiary/aromatic N) is 2. The van der Waals surface area contributed by atoms with E-state index >= 15 is 0 Å². The summed E-state index contributed by atoms with van der Waals surface area (Å²) >= 11 is 5.03. The number of aliphatic hydroxyl groups excluding tert-OH is 1. The first-order valence-electron chi connectivity index (χ1n) is 8.11. The monoisotopic (exact) mass is 410 g/mol. The third-order valence-electron chi connectivity index (χ3n) is 4.69. The van der Waals surface area contributed by atoms with E-state index in [1.54, 1.807) is 0 Å². The first kappa shape index (κ1) is 16.4. The molecule has 2 aliphatic rings. The first-order valence-corrected chi connectivity index (χ1v) is 9.85. The quantitative estimate of drug-likeness (QED) is 0.669. The van der Waals surface area contributed by atoms with Gasteiger partial charge in [0.15, 0.2) is 0 Å². The predicted octanol–water partition coefficient (Wildman–Crippen LogP) is 1.56. The van der Waals surface area contributed by atoms with Crippen LogP contribution in [0.2, 0.25) is 0 Å². The Bertz CT molecular complexity index is 722. The van der Waals surface area contributed by atoms with E-state index in [2.05, 4.69) is 31.8 Å². The van der Waals surface area contributed by atoms with E-state index in [0.29, 0.717) is 18.1 Å². The summed E-state index contributed by atoms with van der Waals surface area (Å²) in [6.07, 6.45) is 0.971. The highest BCUT2D eigenvalue weighted by atomic mass is 79.9. The molecule has 3 heterocycles. The minimum absolute atomic E-state index is 0.0320. The molecule has 6 nitrogen and oxygen atoms in total. The van der Waals surface area contributed by atoms with Crippen LogP contribution in [-0.4, -0.2) is 50.9 Å². The zero-order chi connectivity index (χ0) is 16.7. The molecule has 1 aromatic heterocycles. The molecule has 128 valence electrons. The van der Waals surface area contributed by atoms with E-state index in [1.807, 2.05) is 29.2 Å². The summed E-state index contributed by atoms with van der Waals surface area (Å²) in [6.45, 7) is 1.39. The van der Waals surface area contributed by atoms with Crippen LogP contribution in [0.4, 0.5) is 0 Å². The number of halogens is 1. The maximum Gasteiger partial charge on any atom is 0.242 e. The molecular formula is C16H19BrN4O2S. The summed E-state index contributed by atoms with van der Waals surface area (Å²) in [5, 5.41) is 11.5. The van der Waals surface area contributed by atoms with Crippen LogP contribution in [0.25, 0.3) is 10.2 Å². The Morgan fingerprint density at radius 1 is 1.46 bits per heavy atom. The van der Waals surface area contributed by atoms with Crippen molar-refractivity contribution in [3.05, 3.63) is 29.3 Å². The predicted molar refractivity (Wildman–Crippen MR) is 97.0 cm³/mol. The van der Waals surface area contributed by atoms with Crippen molar-refractivity contribution >= 4 is 43.4 Å². The van der Waals surface area contributed by atoms with Crippen molar-refractivity contribution in [1.29, 1.82) is 0 Å². The van der Waals surface area contributed by atoms with Gasteiger partial charge in [0.1, 0.15) is 17.2 Å². The summed E-state index contributed by atoms with van der Waals surface area (Å²) in [4.78, 5) is 19.3. The van der Waals surface area contributed by atoms with E-state index in [1.165, 1.54) is 11.3 Å². The number of para-hydroxylation sites is 1. The summed E-state index contributed by atoms with van der Waals surface area (Å²) in [6, 6.07) is 7.36. The number of alkyl halides is 1. The van der Waals surface area contributed by atoms with Gasteiger partial charge in [-0.3, -0.25) is 10.2 Å². The van der Waals surface area contributed by atoms with Crippen LogP contribution < -0.4 is 10.9 Å². The van der Waals surface area contributed by atoms with Gasteiger partial charge in [-0.1, -0.05) is 28.1 Å². The number of amides is 1. The average molecular weight is 411 g/mol. The van der Waals surface area contributed by atoms with E-state index in [-0.39, 0.29) is 22.8 Å². The van der Waals surface area contributed by atoms with Gasteiger partial charge in [0.25, 0.3) is 0 Å². The highest BCUT2D eigenvalue weighted by molar-refractivity contribution is 9.09. The van der Waals surface area contributed by atoms with E-state index in [9.17, 15) is 9.90 Å². The minimum Gasteiger partial charge on any atom is -0.384 e. The lowest BCUT2D eigenvalue weighted by molar-refractivity contribution is -0.136. The Kier molecular flexibility index (Phi) is 4.57. The zero-order valence-corrected chi connectivity index (χ0v) is 15.4. The second-order valence-electron chi connectivity index (χ2n) is 6.22. The number of thiazole rings is 1. The number of rotatable bonds is 3. The molecule has 2 aliphatic heterocycles. The lowest BCUT2D eigenvalue weighted by atomic mass is 10.1. The number of hydrogen-bond donors (Lipinski definition) is 3. The maximum atomic E-state index is 12.8.